The Labute approximate surface area is 155 Å². The van der Waals surface area contributed by atoms with Crippen LogP contribution in [0.15, 0.2) is 77.7 Å². The van der Waals surface area contributed by atoms with E-state index in [1.165, 1.54) is 11.1 Å². The number of ether oxygens (including phenoxy) is 1. The third-order valence-electron chi connectivity index (χ3n) is 3.42. The molecule has 0 amide bonds. The van der Waals surface area contributed by atoms with Crippen molar-refractivity contribution in [3.05, 3.63) is 83.9 Å². The van der Waals surface area contributed by atoms with Crippen LogP contribution in [0.25, 0.3) is 0 Å². The standard InChI is InChI=1S/C19H15IO2S/c20-22-18-9-7-17(8-10-18)21-16-5-1-14(2-6-16)13-15-3-11-19(23)12-4-15/h1-12,23H,13H2. The predicted octanol–water partition coefficient (Wildman–Crippen LogP) is 6.09. The lowest BCUT2D eigenvalue weighted by Crippen LogP contribution is -1.89. The summed E-state index contributed by atoms with van der Waals surface area (Å²) in [5, 5.41) is 0. The Hall–Kier alpha value is -1.66. The fourth-order valence-corrected chi connectivity index (χ4v) is 2.66. The summed E-state index contributed by atoms with van der Waals surface area (Å²) in [4.78, 5) is 0.983. The average molecular weight is 434 g/mol. The van der Waals surface area contributed by atoms with Gasteiger partial charge in [0.05, 0.1) is 0 Å². The van der Waals surface area contributed by atoms with E-state index < -0.39 is 0 Å². The molecule has 116 valence electrons. The highest BCUT2D eigenvalue weighted by Gasteiger charge is 2.00. The molecule has 0 fully saturated rings. The first-order valence-electron chi connectivity index (χ1n) is 7.16. The number of hydrogen-bond acceptors (Lipinski definition) is 3. The molecule has 0 aliphatic carbocycles. The van der Waals surface area contributed by atoms with Crippen molar-refractivity contribution in [1.82, 2.24) is 0 Å². The van der Waals surface area contributed by atoms with Crippen LogP contribution in [0.5, 0.6) is 17.2 Å². The van der Waals surface area contributed by atoms with E-state index in [2.05, 4.69) is 36.9 Å². The van der Waals surface area contributed by atoms with Gasteiger partial charge in [-0.3, -0.25) is 0 Å². The second kappa shape index (κ2) is 7.75. The minimum Gasteiger partial charge on any atom is -0.457 e. The molecule has 0 atom stereocenters. The fraction of sp³-hybridized carbons (Fsp3) is 0.0526. The second-order valence-electron chi connectivity index (χ2n) is 5.14. The van der Waals surface area contributed by atoms with Crippen LogP contribution in [-0.4, -0.2) is 0 Å². The largest absolute Gasteiger partial charge is 0.457 e. The molecule has 0 saturated heterocycles. The molecular formula is C19H15IO2S. The SMILES string of the molecule is Sc1ccc(Cc2ccc(Oc3ccc(OI)cc3)cc2)cc1. The van der Waals surface area contributed by atoms with Gasteiger partial charge in [-0.15, -0.1) is 12.6 Å². The molecule has 0 N–H and O–H groups in total. The Morgan fingerprint density at radius 3 is 1.61 bits per heavy atom. The second-order valence-corrected chi connectivity index (χ2v) is 6.09. The number of halogens is 1. The van der Waals surface area contributed by atoms with Gasteiger partial charge in [0, 0.05) is 4.90 Å². The van der Waals surface area contributed by atoms with Crippen LogP contribution < -0.4 is 7.80 Å². The first kappa shape index (κ1) is 16.2. The molecule has 3 aromatic carbocycles. The minimum absolute atomic E-state index is 0.791. The zero-order valence-electron chi connectivity index (χ0n) is 12.3. The van der Waals surface area contributed by atoms with Gasteiger partial charge in [0.15, 0.2) is 23.0 Å². The first-order chi connectivity index (χ1) is 11.2. The third kappa shape index (κ3) is 4.65. The molecule has 0 heterocycles. The van der Waals surface area contributed by atoms with Gasteiger partial charge in [-0.2, -0.15) is 0 Å². The summed E-state index contributed by atoms with van der Waals surface area (Å²) in [6.07, 6.45) is 0.899. The van der Waals surface area contributed by atoms with Crippen LogP contribution in [0.4, 0.5) is 0 Å². The van der Waals surface area contributed by atoms with Crippen LogP contribution in [0.3, 0.4) is 0 Å². The molecule has 23 heavy (non-hydrogen) atoms. The van der Waals surface area contributed by atoms with E-state index in [0.717, 1.165) is 28.6 Å². The van der Waals surface area contributed by atoms with Gasteiger partial charge >= 0.3 is 0 Å². The molecule has 0 spiro atoms. The van der Waals surface area contributed by atoms with Gasteiger partial charge < -0.3 is 7.80 Å². The summed E-state index contributed by atoms with van der Waals surface area (Å²) in [5.41, 5.74) is 2.52. The number of thiol groups is 1. The molecule has 0 aliphatic rings. The predicted molar refractivity (Wildman–Crippen MR) is 104 cm³/mol. The smallest absolute Gasteiger partial charge is 0.192 e. The molecule has 0 unspecified atom stereocenters. The van der Waals surface area contributed by atoms with E-state index >= 15 is 0 Å². The molecule has 0 aliphatic heterocycles. The summed E-state index contributed by atoms with van der Waals surface area (Å²) in [7, 11) is 0. The van der Waals surface area contributed by atoms with Crippen LogP contribution in [0.2, 0.25) is 0 Å². The van der Waals surface area contributed by atoms with E-state index in [1.54, 1.807) is 0 Å². The van der Waals surface area contributed by atoms with Gasteiger partial charge in [0.1, 0.15) is 17.2 Å². The maximum Gasteiger partial charge on any atom is 0.192 e. The summed E-state index contributed by atoms with van der Waals surface area (Å²) in [6, 6.07) is 23.9. The number of benzene rings is 3. The van der Waals surface area contributed by atoms with Crippen LogP contribution in [-0.2, 0) is 6.42 Å². The Morgan fingerprint density at radius 2 is 1.09 bits per heavy atom. The van der Waals surface area contributed by atoms with Gasteiger partial charge in [0.25, 0.3) is 0 Å². The van der Waals surface area contributed by atoms with Gasteiger partial charge in [-0.1, -0.05) is 24.3 Å². The van der Waals surface area contributed by atoms with E-state index in [9.17, 15) is 0 Å². The van der Waals surface area contributed by atoms with Crippen molar-refractivity contribution in [3.8, 4) is 17.2 Å². The summed E-state index contributed by atoms with van der Waals surface area (Å²) < 4.78 is 10.9. The molecule has 0 bridgehead atoms. The molecule has 3 rings (SSSR count). The third-order valence-corrected chi connectivity index (χ3v) is 4.22. The maximum absolute atomic E-state index is 5.83. The lowest BCUT2D eigenvalue weighted by atomic mass is 10.1. The monoisotopic (exact) mass is 434 g/mol. The van der Waals surface area contributed by atoms with Crippen LogP contribution >= 0.6 is 35.6 Å². The fourth-order valence-electron chi connectivity index (χ4n) is 2.22. The summed E-state index contributed by atoms with van der Waals surface area (Å²) in [6.45, 7) is 0. The van der Waals surface area contributed by atoms with E-state index in [-0.39, 0.29) is 0 Å². The molecule has 4 heteroatoms. The number of rotatable bonds is 5. The van der Waals surface area contributed by atoms with Crippen molar-refractivity contribution in [3.63, 3.8) is 0 Å². The van der Waals surface area contributed by atoms with Crippen LogP contribution in [0.1, 0.15) is 11.1 Å². The Balaban J connectivity index is 1.65. The van der Waals surface area contributed by atoms with Crippen LogP contribution in [0, 0.1) is 0 Å². The zero-order chi connectivity index (χ0) is 16.1. The first-order valence-corrected chi connectivity index (χ1v) is 8.49. The maximum atomic E-state index is 5.83. The Kier molecular flexibility index (Phi) is 5.46. The van der Waals surface area contributed by atoms with Crippen molar-refractivity contribution >= 4 is 35.6 Å². The normalized spacial score (nSPS) is 10.3. The molecular weight excluding hydrogens is 419 g/mol. The highest BCUT2D eigenvalue weighted by molar-refractivity contribution is 14.1. The van der Waals surface area contributed by atoms with E-state index in [4.69, 9.17) is 7.80 Å². The lowest BCUT2D eigenvalue weighted by molar-refractivity contribution is 0.482. The van der Waals surface area contributed by atoms with Gasteiger partial charge in [0.2, 0.25) is 0 Å². The lowest BCUT2D eigenvalue weighted by Gasteiger charge is -2.08. The topological polar surface area (TPSA) is 18.5 Å². The number of hydrogen-bond donors (Lipinski definition) is 1. The Bertz CT molecular complexity index is 753. The molecule has 3 aromatic rings. The van der Waals surface area contributed by atoms with Gasteiger partial charge in [-0.05, 0) is 66.1 Å². The Morgan fingerprint density at radius 1 is 0.652 bits per heavy atom. The quantitative estimate of drug-likeness (QED) is 0.387. The molecule has 0 aromatic heterocycles. The van der Waals surface area contributed by atoms with Crippen molar-refractivity contribution in [2.45, 2.75) is 11.3 Å². The van der Waals surface area contributed by atoms with E-state index in [0.29, 0.717) is 0 Å². The minimum atomic E-state index is 0.791. The van der Waals surface area contributed by atoms with Crippen molar-refractivity contribution in [1.29, 1.82) is 0 Å². The highest BCUT2D eigenvalue weighted by atomic mass is 127. The molecule has 0 saturated carbocycles. The summed E-state index contributed by atoms with van der Waals surface area (Å²) in [5.74, 6) is 2.42. The zero-order valence-corrected chi connectivity index (χ0v) is 15.3. The highest BCUT2D eigenvalue weighted by Crippen LogP contribution is 2.25. The van der Waals surface area contributed by atoms with Crippen molar-refractivity contribution < 1.29 is 7.80 Å². The van der Waals surface area contributed by atoms with E-state index in [1.807, 2.05) is 71.5 Å². The summed E-state index contributed by atoms with van der Waals surface area (Å²) >= 11 is 6.16. The average Bonchev–Trinajstić information content (AvgIpc) is 2.59. The van der Waals surface area contributed by atoms with Crippen molar-refractivity contribution in [2.24, 2.45) is 0 Å². The van der Waals surface area contributed by atoms with Crippen molar-refractivity contribution in [2.75, 3.05) is 0 Å². The molecule has 0 radical (unpaired) electrons. The van der Waals surface area contributed by atoms with Gasteiger partial charge in [-0.25, -0.2) is 0 Å². The molecule has 2 nitrogen and oxygen atoms in total.